The topological polar surface area (TPSA) is 88.4 Å². The van der Waals surface area contributed by atoms with E-state index in [2.05, 4.69) is 15.7 Å². The third-order valence-corrected chi connectivity index (χ3v) is 4.89. The van der Waals surface area contributed by atoms with Crippen LogP contribution in [-0.2, 0) is 10.3 Å². The van der Waals surface area contributed by atoms with Crippen molar-refractivity contribution in [3.05, 3.63) is 48.3 Å². The van der Waals surface area contributed by atoms with Crippen molar-refractivity contribution >= 4 is 18.3 Å². The van der Waals surface area contributed by atoms with Crippen LogP contribution in [0.15, 0.2) is 42.7 Å². The highest BCUT2D eigenvalue weighted by molar-refractivity contribution is 5.85. The molecule has 3 N–H and O–H groups in total. The molecule has 0 bridgehead atoms. The van der Waals surface area contributed by atoms with Crippen LogP contribution < -0.4 is 15.4 Å². The molecule has 3 rings (SSSR count). The number of ether oxygens (including phenoxy) is 1. The molecule has 154 valence electrons. The molecule has 0 radical (unpaired) electrons. The number of nitrogens with one attached hydrogen (secondary N) is 2. The number of aliphatic hydroxyl groups excluding tert-OH is 1. The molecule has 0 aliphatic carbocycles. The monoisotopic (exact) mass is 408 g/mol. The van der Waals surface area contributed by atoms with Gasteiger partial charge in [-0.1, -0.05) is 12.1 Å². The first-order chi connectivity index (χ1) is 13.0. The Balaban J connectivity index is 0.00000280. The molecule has 1 saturated heterocycles. The van der Waals surface area contributed by atoms with Crippen molar-refractivity contribution in [3.8, 4) is 5.75 Å². The number of carbonyl (C=O) groups excluding carboxylic acids is 1. The second-order valence-electron chi connectivity index (χ2n) is 7.19. The SMILES string of the molecule is CC(C)Oc1ccc(C(O)CNC(=O)C2(n3cccn3)CCNCC2)cc1.Cl. The summed E-state index contributed by atoms with van der Waals surface area (Å²) in [5.74, 6) is 0.656. The third kappa shape index (κ3) is 5.04. The maximum atomic E-state index is 13.0. The van der Waals surface area contributed by atoms with E-state index in [1.807, 2.05) is 50.4 Å². The van der Waals surface area contributed by atoms with Gasteiger partial charge in [-0.15, -0.1) is 12.4 Å². The lowest BCUT2D eigenvalue weighted by Crippen LogP contribution is -2.55. The van der Waals surface area contributed by atoms with Crippen molar-refractivity contribution in [1.29, 1.82) is 0 Å². The van der Waals surface area contributed by atoms with Crippen molar-refractivity contribution in [2.45, 2.75) is 44.4 Å². The van der Waals surface area contributed by atoms with Crippen LogP contribution in [0.2, 0.25) is 0 Å². The van der Waals surface area contributed by atoms with Gasteiger partial charge in [-0.2, -0.15) is 5.10 Å². The van der Waals surface area contributed by atoms with Crippen LogP contribution in [0.1, 0.15) is 38.4 Å². The molecule has 8 heteroatoms. The van der Waals surface area contributed by atoms with Gasteiger partial charge in [0, 0.05) is 18.9 Å². The lowest BCUT2D eigenvalue weighted by molar-refractivity contribution is -0.132. The van der Waals surface area contributed by atoms with Crippen LogP contribution in [0.4, 0.5) is 0 Å². The summed E-state index contributed by atoms with van der Waals surface area (Å²) in [5, 5.41) is 21.0. The summed E-state index contributed by atoms with van der Waals surface area (Å²) in [7, 11) is 0. The lowest BCUT2D eigenvalue weighted by atomic mass is 9.87. The molecule has 1 amide bonds. The van der Waals surface area contributed by atoms with Gasteiger partial charge in [0.15, 0.2) is 0 Å². The normalized spacial score (nSPS) is 16.9. The van der Waals surface area contributed by atoms with Crippen LogP contribution >= 0.6 is 12.4 Å². The average Bonchev–Trinajstić information content (AvgIpc) is 3.22. The fourth-order valence-corrected chi connectivity index (χ4v) is 3.44. The molecule has 1 unspecified atom stereocenters. The quantitative estimate of drug-likeness (QED) is 0.652. The molecule has 28 heavy (non-hydrogen) atoms. The Hall–Kier alpha value is -2.09. The predicted molar refractivity (Wildman–Crippen MR) is 110 cm³/mol. The highest BCUT2D eigenvalue weighted by Gasteiger charge is 2.41. The number of carbonyl (C=O) groups is 1. The molecular formula is C20H29ClN4O3. The smallest absolute Gasteiger partial charge is 0.248 e. The summed E-state index contributed by atoms with van der Waals surface area (Å²) in [6, 6.07) is 9.13. The summed E-state index contributed by atoms with van der Waals surface area (Å²) in [4.78, 5) is 13.0. The Labute approximate surface area is 171 Å². The van der Waals surface area contributed by atoms with E-state index in [4.69, 9.17) is 4.74 Å². The summed E-state index contributed by atoms with van der Waals surface area (Å²) in [5.41, 5.74) is 0.0357. The zero-order valence-electron chi connectivity index (χ0n) is 16.3. The van der Waals surface area contributed by atoms with Crippen LogP contribution in [0.3, 0.4) is 0 Å². The molecule has 0 saturated carbocycles. The van der Waals surface area contributed by atoms with E-state index < -0.39 is 11.6 Å². The van der Waals surface area contributed by atoms with Gasteiger partial charge in [0.2, 0.25) is 5.91 Å². The number of amides is 1. The minimum absolute atomic E-state index is 0. The fraction of sp³-hybridized carbons (Fsp3) is 0.500. The van der Waals surface area contributed by atoms with Crippen molar-refractivity contribution < 1.29 is 14.6 Å². The Kier molecular flexibility index (Phi) is 7.86. The average molecular weight is 409 g/mol. The van der Waals surface area contributed by atoms with Crippen LogP contribution in [0, 0.1) is 0 Å². The van der Waals surface area contributed by atoms with E-state index in [1.165, 1.54) is 0 Å². The van der Waals surface area contributed by atoms with Gasteiger partial charge >= 0.3 is 0 Å². The fourth-order valence-electron chi connectivity index (χ4n) is 3.44. The molecule has 1 atom stereocenters. The van der Waals surface area contributed by atoms with Crippen molar-refractivity contribution in [3.63, 3.8) is 0 Å². The van der Waals surface area contributed by atoms with Crippen molar-refractivity contribution in [2.24, 2.45) is 0 Å². The van der Waals surface area contributed by atoms with E-state index >= 15 is 0 Å². The number of piperidine rings is 1. The maximum absolute atomic E-state index is 13.0. The molecule has 2 heterocycles. The van der Waals surface area contributed by atoms with Gasteiger partial charge in [0.05, 0.1) is 12.2 Å². The molecule has 1 aliphatic rings. The minimum Gasteiger partial charge on any atom is -0.491 e. The second kappa shape index (κ2) is 9.91. The number of halogens is 1. The minimum atomic E-state index is -0.779. The van der Waals surface area contributed by atoms with Gasteiger partial charge < -0.3 is 20.5 Å². The molecule has 7 nitrogen and oxygen atoms in total. The zero-order chi connectivity index (χ0) is 19.3. The summed E-state index contributed by atoms with van der Waals surface area (Å²) >= 11 is 0. The van der Waals surface area contributed by atoms with Gasteiger partial charge in [0.25, 0.3) is 0 Å². The third-order valence-electron chi connectivity index (χ3n) is 4.89. The number of benzene rings is 1. The number of aliphatic hydroxyl groups is 1. The molecular weight excluding hydrogens is 380 g/mol. The Morgan fingerprint density at radius 1 is 1.32 bits per heavy atom. The Morgan fingerprint density at radius 2 is 2.00 bits per heavy atom. The largest absolute Gasteiger partial charge is 0.491 e. The Morgan fingerprint density at radius 3 is 2.57 bits per heavy atom. The summed E-state index contributed by atoms with van der Waals surface area (Å²) in [6.07, 6.45) is 4.17. The number of nitrogens with zero attached hydrogens (tertiary/aromatic N) is 2. The molecule has 0 spiro atoms. The summed E-state index contributed by atoms with van der Waals surface area (Å²) in [6.45, 7) is 5.60. The van der Waals surface area contributed by atoms with Gasteiger partial charge in [-0.25, -0.2) is 0 Å². The zero-order valence-corrected chi connectivity index (χ0v) is 17.1. The highest BCUT2D eigenvalue weighted by Crippen LogP contribution is 2.27. The highest BCUT2D eigenvalue weighted by atomic mass is 35.5. The summed E-state index contributed by atoms with van der Waals surface area (Å²) < 4.78 is 7.36. The van der Waals surface area contributed by atoms with E-state index in [1.54, 1.807) is 10.9 Å². The van der Waals surface area contributed by atoms with E-state index in [0.717, 1.165) is 24.4 Å². The first-order valence-corrected chi connectivity index (χ1v) is 9.45. The number of rotatable bonds is 7. The van der Waals surface area contributed by atoms with E-state index in [-0.39, 0.29) is 31.0 Å². The molecule has 1 aromatic heterocycles. The molecule has 1 fully saturated rings. The van der Waals surface area contributed by atoms with E-state index in [9.17, 15) is 9.90 Å². The molecule has 2 aromatic rings. The first kappa shape index (κ1) is 22.2. The number of hydrogen-bond donors (Lipinski definition) is 3. The first-order valence-electron chi connectivity index (χ1n) is 9.45. The van der Waals surface area contributed by atoms with Crippen molar-refractivity contribution in [1.82, 2.24) is 20.4 Å². The van der Waals surface area contributed by atoms with Crippen LogP contribution in [0.25, 0.3) is 0 Å². The Bertz CT molecular complexity index is 728. The maximum Gasteiger partial charge on any atom is 0.248 e. The van der Waals surface area contributed by atoms with Crippen LogP contribution in [0.5, 0.6) is 5.75 Å². The standard InChI is InChI=1S/C20H28N4O3.ClH/c1-15(2)27-17-6-4-16(5-7-17)18(25)14-22-19(26)20(8-11-21-12-9-20)24-13-3-10-23-24;/h3-7,10,13,15,18,21,25H,8-9,11-12,14H2,1-2H3,(H,22,26);1H. The van der Waals surface area contributed by atoms with Gasteiger partial charge in [0.1, 0.15) is 11.3 Å². The van der Waals surface area contributed by atoms with Gasteiger partial charge in [-0.05, 0) is 63.5 Å². The van der Waals surface area contributed by atoms with Gasteiger partial charge in [-0.3, -0.25) is 9.48 Å². The van der Waals surface area contributed by atoms with Crippen molar-refractivity contribution in [2.75, 3.05) is 19.6 Å². The van der Waals surface area contributed by atoms with E-state index in [0.29, 0.717) is 12.8 Å². The molecule has 1 aliphatic heterocycles. The lowest BCUT2D eigenvalue weighted by Gasteiger charge is -2.36. The predicted octanol–water partition coefficient (Wildman–Crippen LogP) is 2.02. The number of hydrogen-bond acceptors (Lipinski definition) is 5. The van der Waals surface area contributed by atoms with Crippen LogP contribution in [-0.4, -0.2) is 46.5 Å². The second-order valence-corrected chi connectivity index (χ2v) is 7.19. The number of aromatic nitrogens is 2. The molecule has 1 aromatic carbocycles.